The van der Waals surface area contributed by atoms with Crippen LogP contribution in [-0.4, -0.2) is 55.1 Å². The fourth-order valence-electron chi connectivity index (χ4n) is 2.88. The van der Waals surface area contributed by atoms with Gasteiger partial charge in [0.05, 0.1) is 19.1 Å². The Hall–Kier alpha value is -1.99. The van der Waals surface area contributed by atoms with Crippen molar-refractivity contribution in [2.24, 2.45) is 0 Å². The predicted molar refractivity (Wildman–Crippen MR) is 101 cm³/mol. The number of benzene rings is 1. The van der Waals surface area contributed by atoms with Gasteiger partial charge in [0, 0.05) is 7.05 Å². The van der Waals surface area contributed by atoms with Crippen molar-refractivity contribution in [3.8, 4) is 11.5 Å². The molecule has 1 aromatic heterocycles. The average Bonchev–Trinajstić information content (AvgIpc) is 3.05. The molecule has 0 spiro atoms. The summed E-state index contributed by atoms with van der Waals surface area (Å²) in [4.78, 5) is 16.4. The van der Waals surface area contributed by atoms with E-state index in [-0.39, 0.29) is 18.1 Å². The van der Waals surface area contributed by atoms with Crippen molar-refractivity contribution in [1.82, 2.24) is 9.80 Å². The number of nitrogens with zero attached hydrogens (tertiary/aromatic N) is 2. The highest BCUT2D eigenvalue weighted by Gasteiger charge is 2.27. The van der Waals surface area contributed by atoms with Crippen molar-refractivity contribution in [2.75, 3.05) is 27.2 Å². The van der Waals surface area contributed by atoms with Crippen molar-refractivity contribution in [1.29, 1.82) is 0 Å². The molecule has 0 saturated heterocycles. The Kier molecular flexibility index (Phi) is 5.88. The monoisotopic (exact) mass is 422 g/mol. The summed E-state index contributed by atoms with van der Waals surface area (Å²) in [6.07, 6.45) is -0.183. The van der Waals surface area contributed by atoms with Crippen LogP contribution in [0, 0.1) is 0 Å². The summed E-state index contributed by atoms with van der Waals surface area (Å²) < 4.78 is 17.9. The minimum absolute atomic E-state index is 0.0283. The van der Waals surface area contributed by atoms with E-state index < -0.39 is 0 Å². The highest BCUT2D eigenvalue weighted by molar-refractivity contribution is 9.10. The van der Waals surface area contributed by atoms with Gasteiger partial charge < -0.3 is 18.8 Å². The maximum atomic E-state index is 12.7. The molecule has 1 aromatic carbocycles. The number of carbonyl (C=O) groups is 1. The highest BCUT2D eigenvalue weighted by atomic mass is 79.9. The smallest absolute Gasteiger partial charge is 0.239 e. The number of ether oxygens (including phenoxy) is 2. The third-order valence-corrected chi connectivity index (χ3v) is 4.90. The molecule has 0 saturated carbocycles. The van der Waals surface area contributed by atoms with E-state index in [0.717, 1.165) is 17.3 Å². The number of carbonyl (C=O) groups excluding carboxylic acids is 1. The van der Waals surface area contributed by atoms with Crippen LogP contribution in [-0.2, 0) is 11.3 Å². The predicted octanol–water partition coefficient (Wildman–Crippen LogP) is 3.16. The zero-order valence-corrected chi connectivity index (χ0v) is 16.7. The number of likely N-dealkylation sites (N-methyl/N-ethyl adjacent to an activating group) is 2. The van der Waals surface area contributed by atoms with Gasteiger partial charge in [-0.05, 0) is 54.2 Å². The first-order valence-corrected chi connectivity index (χ1v) is 9.31. The van der Waals surface area contributed by atoms with Crippen LogP contribution in [0.25, 0.3) is 0 Å². The third kappa shape index (κ3) is 4.40. The number of halogens is 1. The first-order valence-electron chi connectivity index (χ1n) is 8.52. The topological polar surface area (TPSA) is 55.2 Å². The van der Waals surface area contributed by atoms with Crippen molar-refractivity contribution < 1.29 is 18.7 Å². The van der Waals surface area contributed by atoms with Crippen molar-refractivity contribution in [2.45, 2.75) is 25.6 Å². The molecule has 26 heavy (non-hydrogen) atoms. The van der Waals surface area contributed by atoms with Gasteiger partial charge in [0.2, 0.25) is 5.91 Å². The van der Waals surface area contributed by atoms with E-state index in [4.69, 9.17) is 13.9 Å². The van der Waals surface area contributed by atoms with E-state index in [9.17, 15) is 4.79 Å². The number of fused-ring (bicyclic) bond motifs is 1. The van der Waals surface area contributed by atoms with Gasteiger partial charge >= 0.3 is 0 Å². The molecule has 6 nitrogen and oxygen atoms in total. The fraction of sp³-hybridized carbons (Fsp3) is 0.421. The van der Waals surface area contributed by atoms with Crippen LogP contribution in [0.1, 0.15) is 12.7 Å². The third-order valence-electron chi connectivity index (χ3n) is 4.47. The van der Waals surface area contributed by atoms with Gasteiger partial charge in [-0.3, -0.25) is 9.69 Å². The average molecular weight is 423 g/mol. The number of furan rings is 1. The van der Waals surface area contributed by atoms with Gasteiger partial charge in [-0.25, -0.2) is 0 Å². The van der Waals surface area contributed by atoms with Crippen LogP contribution in [0.5, 0.6) is 11.5 Å². The van der Waals surface area contributed by atoms with E-state index in [0.29, 0.717) is 24.4 Å². The molecule has 1 aliphatic heterocycles. The van der Waals surface area contributed by atoms with Gasteiger partial charge in [0.15, 0.2) is 22.3 Å². The Morgan fingerprint density at radius 1 is 1.23 bits per heavy atom. The number of rotatable bonds is 6. The summed E-state index contributed by atoms with van der Waals surface area (Å²) in [6, 6.07) is 11.0. The Balaban J connectivity index is 1.54. The summed E-state index contributed by atoms with van der Waals surface area (Å²) in [5, 5.41) is 0. The lowest BCUT2D eigenvalue weighted by Crippen LogP contribution is -2.48. The molecule has 2 heterocycles. The van der Waals surface area contributed by atoms with Gasteiger partial charge in [-0.15, -0.1) is 0 Å². The molecule has 0 aliphatic carbocycles. The number of amides is 1. The summed E-state index contributed by atoms with van der Waals surface area (Å²) >= 11 is 3.29. The SMILES string of the molecule is CC(C(=O)N(C)CC1COc2ccccc2O1)N(C)Cc1ccc(Br)o1. The first-order chi connectivity index (χ1) is 12.4. The lowest BCUT2D eigenvalue weighted by Gasteiger charge is -2.32. The van der Waals surface area contributed by atoms with Crippen LogP contribution >= 0.6 is 15.9 Å². The van der Waals surface area contributed by atoms with Crippen LogP contribution in [0.4, 0.5) is 0 Å². The molecule has 1 aliphatic rings. The molecule has 7 heteroatoms. The Bertz CT molecular complexity index is 764. The molecule has 2 atom stereocenters. The van der Waals surface area contributed by atoms with E-state index in [1.807, 2.05) is 55.3 Å². The van der Waals surface area contributed by atoms with Crippen molar-refractivity contribution in [3.63, 3.8) is 0 Å². The van der Waals surface area contributed by atoms with Gasteiger partial charge in [-0.1, -0.05) is 12.1 Å². The summed E-state index contributed by atoms with van der Waals surface area (Å²) in [6.45, 7) is 3.35. The summed E-state index contributed by atoms with van der Waals surface area (Å²) in [7, 11) is 3.70. The lowest BCUT2D eigenvalue weighted by atomic mass is 10.2. The van der Waals surface area contributed by atoms with Crippen LogP contribution in [0.3, 0.4) is 0 Å². The standard InChI is InChI=1S/C19H23BrN2O4/c1-13(21(2)10-14-8-9-18(20)26-14)19(23)22(3)11-15-12-24-16-6-4-5-7-17(16)25-15/h4-9,13,15H,10-12H2,1-3H3. The second-order valence-corrected chi connectivity index (χ2v) is 7.29. The van der Waals surface area contributed by atoms with Gasteiger partial charge in [0.25, 0.3) is 0 Å². The molecule has 2 unspecified atom stereocenters. The molecule has 2 aromatic rings. The quantitative estimate of drug-likeness (QED) is 0.715. The Labute approximate surface area is 161 Å². The van der Waals surface area contributed by atoms with Crippen LogP contribution in [0.2, 0.25) is 0 Å². The summed E-state index contributed by atoms with van der Waals surface area (Å²) in [5.74, 6) is 2.30. The first kappa shape index (κ1) is 18.8. The zero-order chi connectivity index (χ0) is 18.7. The molecule has 1 amide bonds. The number of hydrogen-bond donors (Lipinski definition) is 0. The molecular weight excluding hydrogens is 400 g/mol. The number of para-hydroxylation sites is 2. The van der Waals surface area contributed by atoms with Gasteiger partial charge in [-0.2, -0.15) is 0 Å². The van der Waals surface area contributed by atoms with E-state index >= 15 is 0 Å². The van der Waals surface area contributed by atoms with E-state index in [2.05, 4.69) is 15.9 Å². The lowest BCUT2D eigenvalue weighted by molar-refractivity contribution is -0.136. The minimum Gasteiger partial charge on any atom is -0.486 e. The normalized spacial score (nSPS) is 17.2. The fourth-order valence-corrected chi connectivity index (χ4v) is 3.22. The molecule has 0 radical (unpaired) electrons. The maximum Gasteiger partial charge on any atom is 0.239 e. The maximum absolute atomic E-state index is 12.7. The Morgan fingerprint density at radius 2 is 1.96 bits per heavy atom. The molecule has 0 fully saturated rings. The van der Waals surface area contributed by atoms with Crippen LogP contribution in [0.15, 0.2) is 45.5 Å². The molecule has 3 rings (SSSR count). The summed E-state index contributed by atoms with van der Waals surface area (Å²) in [5.41, 5.74) is 0. The van der Waals surface area contributed by atoms with Crippen LogP contribution < -0.4 is 9.47 Å². The molecule has 0 bridgehead atoms. The van der Waals surface area contributed by atoms with E-state index in [1.165, 1.54) is 0 Å². The minimum atomic E-state index is -0.277. The highest BCUT2D eigenvalue weighted by Crippen LogP contribution is 2.31. The van der Waals surface area contributed by atoms with E-state index in [1.54, 1.807) is 11.9 Å². The molecular formula is C19H23BrN2O4. The molecule has 0 N–H and O–H groups in total. The number of hydrogen-bond acceptors (Lipinski definition) is 5. The van der Waals surface area contributed by atoms with Crippen molar-refractivity contribution in [3.05, 3.63) is 46.8 Å². The largest absolute Gasteiger partial charge is 0.486 e. The zero-order valence-electron chi connectivity index (χ0n) is 15.1. The second kappa shape index (κ2) is 8.14. The second-order valence-electron chi connectivity index (χ2n) is 6.51. The molecule has 140 valence electrons. The van der Waals surface area contributed by atoms with Gasteiger partial charge in [0.1, 0.15) is 12.4 Å². The van der Waals surface area contributed by atoms with Crippen molar-refractivity contribution >= 4 is 21.8 Å². The Morgan fingerprint density at radius 3 is 2.65 bits per heavy atom.